The average molecular weight is 293 g/mol. The van der Waals surface area contributed by atoms with Crippen molar-refractivity contribution < 1.29 is 0 Å². The highest BCUT2D eigenvalue weighted by Gasteiger charge is 2.38. The zero-order chi connectivity index (χ0) is 15.2. The molecule has 1 fully saturated rings. The molecular weight excluding hydrogens is 274 g/mol. The molecule has 0 saturated heterocycles. The van der Waals surface area contributed by atoms with Gasteiger partial charge in [-0.25, -0.2) is 4.98 Å². The molecule has 0 bridgehead atoms. The van der Waals surface area contributed by atoms with Gasteiger partial charge in [-0.2, -0.15) is 14.6 Å². The van der Waals surface area contributed by atoms with Crippen molar-refractivity contribution in [3.05, 3.63) is 53.5 Å². The molecule has 112 valence electrons. The lowest BCUT2D eigenvalue weighted by Crippen LogP contribution is -2.07. The summed E-state index contributed by atoms with van der Waals surface area (Å²) in [5, 5.41) is 7.63. The molecule has 4 rings (SSSR count). The minimum absolute atomic E-state index is 0.432. The number of hydrogen-bond donors (Lipinski definition) is 1. The van der Waals surface area contributed by atoms with Gasteiger partial charge in [-0.05, 0) is 36.3 Å². The van der Waals surface area contributed by atoms with Gasteiger partial charge in [-0.15, -0.1) is 0 Å². The fourth-order valence-electron chi connectivity index (χ4n) is 2.75. The number of aromatic nitrogens is 4. The van der Waals surface area contributed by atoms with Crippen LogP contribution in [0.25, 0.3) is 5.78 Å². The van der Waals surface area contributed by atoms with E-state index in [1.54, 1.807) is 4.52 Å². The molecule has 2 aromatic heterocycles. The highest BCUT2D eigenvalue weighted by Crippen LogP contribution is 2.47. The Hall–Kier alpha value is -2.43. The van der Waals surface area contributed by atoms with E-state index in [4.69, 9.17) is 0 Å². The summed E-state index contributed by atoms with van der Waals surface area (Å²) in [6, 6.07) is 10.9. The van der Waals surface area contributed by atoms with Gasteiger partial charge >= 0.3 is 0 Å². The lowest BCUT2D eigenvalue weighted by Gasteiger charge is -2.11. The van der Waals surface area contributed by atoms with Crippen LogP contribution in [0.3, 0.4) is 0 Å². The Morgan fingerprint density at radius 3 is 2.73 bits per heavy atom. The first-order valence-corrected chi connectivity index (χ1v) is 7.65. The van der Waals surface area contributed by atoms with Crippen LogP contribution < -0.4 is 5.32 Å². The van der Waals surface area contributed by atoms with Gasteiger partial charge in [0.1, 0.15) is 12.1 Å². The summed E-state index contributed by atoms with van der Waals surface area (Å²) >= 11 is 0. The largest absolute Gasteiger partial charge is 0.366 e. The van der Waals surface area contributed by atoms with E-state index in [0.717, 1.165) is 18.1 Å². The molecule has 0 radical (unpaired) electrons. The Morgan fingerprint density at radius 1 is 1.23 bits per heavy atom. The number of anilines is 1. The van der Waals surface area contributed by atoms with E-state index < -0.39 is 0 Å². The fraction of sp³-hybridized carbons (Fsp3) is 0.353. The van der Waals surface area contributed by atoms with Gasteiger partial charge in [-0.1, -0.05) is 31.2 Å². The maximum absolute atomic E-state index is 4.35. The zero-order valence-corrected chi connectivity index (χ0v) is 12.9. The fourth-order valence-corrected chi connectivity index (χ4v) is 2.75. The molecule has 1 saturated carbocycles. The zero-order valence-electron chi connectivity index (χ0n) is 12.9. The summed E-state index contributed by atoms with van der Waals surface area (Å²) < 4.78 is 1.73. The molecule has 5 nitrogen and oxygen atoms in total. The predicted octanol–water partition coefficient (Wildman–Crippen LogP) is 3.10. The van der Waals surface area contributed by atoms with Crippen molar-refractivity contribution in [3.8, 4) is 0 Å². The number of fused-ring (bicyclic) bond motifs is 1. The SMILES string of the molecule is Cc1cc(NCc2ccc(C3(C)CC3)cc2)n2ncnc2n1. The van der Waals surface area contributed by atoms with Crippen molar-refractivity contribution in [3.63, 3.8) is 0 Å². The second-order valence-electron chi connectivity index (χ2n) is 6.37. The molecule has 0 unspecified atom stereocenters. The van der Waals surface area contributed by atoms with Gasteiger partial charge in [-0.3, -0.25) is 0 Å². The van der Waals surface area contributed by atoms with Crippen molar-refractivity contribution in [2.24, 2.45) is 0 Å². The van der Waals surface area contributed by atoms with Crippen molar-refractivity contribution >= 4 is 11.6 Å². The molecule has 3 aromatic rings. The predicted molar refractivity (Wildman–Crippen MR) is 85.9 cm³/mol. The first-order chi connectivity index (χ1) is 10.6. The molecule has 0 amide bonds. The van der Waals surface area contributed by atoms with Crippen LogP contribution in [0.15, 0.2) is 36.7 Å². The smallest absolute Gasteiger partial charge is 0.254 e. The molecule has 0 aliphatic heterocycles. The molecular formula is C17H19N5. The normalized spacial score (nSPS) is 15.9. The second kappa shape index (κ2) is 4.80. The van der Waals surface area contributed by atoms with Crippen LogP contribution in [0, 0.1) is 6.92 Å². The molecule has 2 heterocycles. The van der Waals surface area contributed by atoms with E-state index in [1.165, 1.54) is 30.3 Å². The minimum atomic E-state index is 0.432. The van der Waals surface area contributed by atoms with Gasteiger partial charge in [0.2, 0.25) is 0 Å². The summed E-state index contributed by atoms with van der Waals surface area (Å²) in [6.45, 7) is 5.06. The third kappa shape index (κ3) is 2.32. The highest BCUT2D eigenvalue weighted by molar-refractivity contribution is 5.45. The average Bonchev–Trinajstić information content (AvgIpc) is 3.09. The molecule has 1 N–H and O–H groups in total. The third-order valence-corrected chi connectivity index (χ3v) is 4.50. The van der Waals surface area contributed by atoms with Gasteiger partial charge in [0, 0.05) is 18.3 Å². The van der Waals surface area contributed by atoms with Crippen LogP contribution in [-0.2, 0) is 12.0 Å². The maximum atomic E-state index is 4.35. The van der Waals surface area contributed by atoms with Crippen molar-refractivity contribution in [2.75, 3.05) is 5.32 Å². The second-order valence-corrected chi connectivity index (χ2v) is 6.37. The Morgan fingerprint density at radius 2 is 2.00 bits per heavy atom. The highest BCUT2D eigenvalue weighted by atomic mass is 15.3. The quantitative estimate of drug-likeness (QED) is 0.803. The Labute approximate surface area is 129 Å². The number of rotatable bonds is 4. The van der Waals surface area contributed by atoms with Crippen molar-refractivity contribution in [1.82, 2.24) is 19.6 Å². The third-order valence-electron chi connectivity index (χ3n) is 4.50. The van der Waals surface area contributed by atoms with Crippen LogP contribution in [0.2, 0.25) is 0 Å². The molecule has 1 aromatic carbocycles. The topological polar surface area (TPSA) is 55.1 Å². The molecule has 0 spiro atoms. The van der Waals surface area contributed by atoms with E-state index in [2.05, 4.69) is 51.6 Å². The standard InChI is InChI=1S/C17H19N5/c1-12-9-15(22-16(21-12)19-11-20-22)18-10-13-3-5-14(6-4-13)17(2)7-8-17/h3-6,9,11,18H,7-8,10H2,1-2H3. The Bertz CT molecular complexity index is 815. The molecule has 22 heavy (non-hydrogen) atoms. The first kappa shape index (κ1) is 13.2. The lowest BCUT2D eigenvalue weighted by atomic mass is 9.97. The van der Waals surface area contributed by atoms with E-state index in [1.807, 2.05) is 13.0 Å². The van der Waals surface area contributed by atoms with E-state index >= 15 is 0 Å². The van der Waals surface area contributed by atoms with E-state index in [-0.39, 0.29) is 0 Å². The minimum Gasteiger partial charge on any atom is -0.366 e. The molecule has 0 atom stereocenters. The number of hydrogen-bond acceptors (Lipinski definition) is 4. The van der Waals surface area contributed by atoms with Crippen LogP contribution in [-0.4, -0.2) is 19.6 Å². The summed E-state index contributed by atoms with van der Waals surface area (Å²) in [5.74, 6) is 1.54. The van der Waals surface area contributed by atoms with Crippen molar-refractivity contribution in [2.45, 2.75) is 38.6 Å². The lowest BCUT2D eigenvalue weighted by molar-refractivity contribution is 0.787. The monoisotopic (exact) mass is 293 g/mol. The number of benzene rings is 1. The number of aryl methyl sites for hydroxylation is 1. The van der Waals surface area contributed by atoms with Crippen LogP contribution in [0.4, 0.5) is 5.82 Å². The van der Waals surface area contributed by atoms with Crippen LogP contribution in [0.1, 0.15) is 36.6 Å². The maximum Gasteiger partial charge on any atom is 0.254 e. The first-order valence-electron chi connectivity index (χ1n) is 7.65. The van der Waals surface area contributed by atoms with Crippen LogP contribution in [0.5, 0.6) is 0 Å². The number of nitrogens with zero attached hydrogens (tertiary/aromatic N) is 4. The molecule has 5 heteroatoms. The summed E-state index contributed by atoms with van der Waals surface area (Å²) in [4.78, 5) is 8.49. The summed E-state index contributed by atoms with van der Waals surface area (Å²) in [7, 11) is 0. The summed E-state index contributed by atoms with van der Waals surface area (Å²) in [5.41, 5.74) is 4.08. The Kier molecular flexibility index (Phi) is 2.89. The van der Waals surface area contributed by atoms with Crippen molar-refractivity contribution in [1.29, 1.82) is 0 Å². The van der Waals surface area contributed by atoms with E-state index in [0.29, 0.717) is 11.2 Å². The van der Waals surface area contributed by atoms with E-state index in [9.17, 15) is 0 Å². The molecule has 1 aliphatic rings. The number of nitrogens with one attached hydrogen (secondary N) is 1. The van der Waals surface area contributed by atoms with Gasteiger partial charge in [0.05, 0.1) is 0 Å². The van der Waals surface area contributed by atoms with Gasteiger partial charge in [0.15, 0.2) is 0 Å². The molecule has 1 aliphatic carbocycles. The van der Waals surface area contributed by atoms with Gasteiger partial charge < -0.3 is 5.32 Å². The van der Waals surface area contributed by atoms with Gasteiger partial charge in [0.25, 0.3) is 5.78 Å². The van der Waals surface area contributed by atoms with Crippen LogP contribution >= 0.6 is 0 Å². The Balaban J connectivity index is 1.53. The summed E-state index contributed by atoms with van der Waals surface area (Å²) in [6.07, 6.45) is 4.15.